The molecule has 0 radical (unpaired) electrons. The van der Waals surface area contributed by atoms with E-state index in [9.17, 15) is 31.1 Å². The van der Waals surface area contributed by atoms with Gasteiger partial charge in [0.25, 0.3) is 0 Å². The second-order valence-electron chi connectivity index (χ2n) is 11.6. The van der Waals surface area contributed by atoms with Crippen molar-refractivity contribution in [2.45, 2.75) is 38.5 Å². The van der Waals surface area contributed by atoms with Gasteiger partial charge in [-0.3, -0.25) is 0 Å². The lowest BCUT2D eigenvalue weighted by molar-refractivity contribution is -0.187. The summed E-state index contributed by atoms with van der Waals surface area (Å²) in [7, 11) is 0. The summed E-state index contributed by atoms with van der Waals surface area (Å²) in [5, 5.41) is 0. The van der Waals surface area contributed by atoms with Crippen LogP contribution in [0, 0.1) is 11.2 Å². The molecule has 0 heterocycles. The smallest absolute Gasteiger partial charge is 0.426 e. The molecule has 0 amide bonds. The van der Waals surface area contributed by atoms with Gasteiger partial charge in [-0.25, -0.2) is 9.18 Å². The predicted molar refractivity (Wildman–Crippen MR) is 171 cm³/mol. The maximum atomic E-state index is 14.8. The van der Waals surface area contributed by atoms with Gasteiger partial charge in [-0.2, -0.15) is 22.0 Å². The fraction of sp³-hybridized carbons (Fsp3) is 0.250. The first-order valence-corrected chi connectivity index (χ1v) is 14.8. The lowest BCUT2D eigenvalue weighted by Crippen LogP contribution is -2.30. The molecule has 254 valence electrons. The monoisotopic (exact) mass is 672 g/mol. The van der Waals surface area contributed by atoms with Gasteiger partial charge in [0.1, 0.15) is 5.75 Å². The van der Waals surface area contributed by atoms with E-state index in [0.29, 0.717) is 35.8 Å². The van der Waals surface area contributed by atoms with E-state index in [0.717, 1.165) is 35.4 Å². The standard InChI is InChI=1S/C36H34F6N2O4/c1-34(21-25-4-11-28(43)12-5-25,22-26-6-13-29(44)14-7-26)23-47-33(45)17-8-24-2-9-27(10-3-24)36(41,42)48-32-16-15-30(20-31(32)37)46-19-18-35(38,39)40/h2-17,20H,18-19,21-23,43-44H2,1H3/b17-8+. The van der Waals surface area contributed by atoms with E-state index >= 15 is 0 Å². The molecule has 48 heavy (non-hydrogen) atoms. The van der Waals surface area contributed by atoms with Crippen molar-refractivity contribution in [3.63, 3.8) is 0 Å². The number of carbonyl (C=O) groups excluding carboxylic acids is 1. The van der Waals surface area contributed by atoms with Crippen molar-refractivity contribution < 1.29 is 45.3 Å². The minimum Gasteiger partial charge on any atom is -0.493 e. The van der Waals surface area contributed by atoms with Crippen LogP contribution in [0.15, 0.2) is 97.1 Å². The number of hydrogen-bond acceptors (Lipinski definition) is 6. The molecule has 0 aliphatic carbocycles. The van der Waals surface area contributed by atoms with Crippen LogP contribution in [0.5, 0.6) is 11.5 Å². The molecule has 4 aromatic carbocycles. The molecule has 4 rings (SSSR count). The third-order valence-corrected chi connectivity index (χ3v) is 7.24. The lowest BCUT2D eigenvalue weighted by atomic mass is 9.79. The zero-order valence-electron chi connectivity index (χ0n) is 25.9. The molecule has 0 aliphatic heterocycles. The maximum absolute atomic E-state index is 14.8. The minimum absolute atomic E-state index is 0.0879. The summed E-state index contributed by atoms with van der Waals surface area (Å²) in [6, 6.07) is 22.2. The molecule has 12 heteroatoms. The number of anilines is 2. The fourth-order valence-electron chi connectivity index (χ4n) is 4.80. The summed E-state index contributed by atoms with van der Waals surface area (Å²) >= 11 is 0. The van der Waals surface area contributed by atoms with Crippen molar-refractivity contribution in [1.82, 2.24) is 0 Å². The van der Waals surface area contributed by atoms with Crippen LogP contribution in [0.4, 0.5) is 37.7 Å². The molecule has 0 atom stereocenters. The van der Waals surface area contributed by atoms with E-state index in [1.54, 1.807) is 24.3 Å². The highest BCUT2D eigenvalue weighted by Gasteiger charge is 2.35. The lowest BCUT2D eigenvalue weighted by Gasteiger charge is -2.29. The third kappa shape index (κ3) is 11.0. The van der Waals surface area contributed by atoms with Gasteiger partial charge < -0.3 is 25.7 Å². The van der Waals surface area contributed by atoms with Crippen LogP contribution in [0.3, 0.4) is 0 Å². The van der Waals surface area contributed by atoms with Gasteiger partial charge >= 0.3 is 18.3 Å². The number of esters is 1. The van der Waals surface area contributed by atoms with Crippen LogP contribution < -0.4 is 20.9 Å². The van der Waals surface area contributed by atoms with E-state index in [1.165, 1.54) is 24.3 Å². The van der Waals surface area contributed by atoms with Gasteiger partial charge in [0, 0.05) is 28.9 Å². The Morgan fingerprint density at radius 2 is 1.35 bits per heavy atom. The number of alkyl halides is 5. The summed E-state index contributed by atoms with van der Waals surface area (Å²) in [5.74, 6) is -2.96. The number of halogens is 6. The number of hydrogen-bond donors (Lipinski definition) is 2. The Morgan fingerprint density at radius 3 is 1.88 bits per heavy atom. The second kappa shape index (κ2) is 15.2. The predicted octanol–water partition coefficient (Wildman–Crippen LogP) is 8.50. The summed E-state index contributed by atoms with van der Waals surface area (Å²) in [6.07, 6.45) is -5.90. The Labute approximate surface area is 273 Å². The highest BCUT2D eigenvalue weighted by molar-refractivity contribution is 5.87. The van der Waals surface area contributed by atoms with E-state index in [-0.39, 0.29) is 12.4 Å². The first-order valence-electron chi connectivity index (χ1n) is 14.8. The van der Waals surface area contributed by atoms with E-state index in [1.807, 2.05) is 31.2 Å². The van der Waals surface area contributed by atoms with Gasteiger partial charge in [-0.15, -0.1) is 0 Å². The number of ether oxygens (including phenoxy) is 3. The quantitative estimate of drug-likeness (QED) is 0.0604. The Morgan fingerprint density at radius 1 is 0.792 bits per heavy atom. The zero-order valence-corrected chi connectivity index (χ0v) is 25.9. The second-order valence-corrected chi connectivity index (χ2v) is 11.6. The maximum Gasteiger partial charge on any atom is 0.426 e. The van der Waals surface area contributed by atoms with Crippen LogP contribution in [-0.2, 0) is 28.5 Å². The first kappa shape index (κ1) is 35.7. The summed E-state index contributed by atoms with van der Waals surface area (Å²) in [4.78, 5) is 12.7. The Hall–Kier alpha value is -5.13. The summed E-state index contributed by atoms with van der Waals surface area (Å²) in [6.45, 7) is 1.33. The van der Waals surface area contributed by atoms with Gasteiger partial charge in [0.05, 0.1) is 25.2 Å². The molecule has 0 bridgehead atoms. The topological polar surface area (TPSA) is 96.8 Å². The van der Waals surface area contributed by atoms with Crippen molar-refractivity contribution in [2.75, 3.05) is 24.7 Å². The minimum atomic E-state index is -4.46. The van der Waals surface area contributed by atoms with Gasteiger partial charge in [-0.1, -0.05) is 43.3 Å². The Balaban J connectivity index is 1.35. The van der Waals surface area contributed by atoms with Crippen LogP contribution in [0.25, 0.3) is 6.08 Å². The van der Waals surface area contributed by atoms with Crippen molar-refractivity contribution in [3.8, 4) is 11.5 Å². The van der Waals surface area contributed by atoms with Crippen molar-refractivity contribution >= 4 is 23.4 Å². The molecular formula is C36H34F6N2O4. The van der Waals surface area contributed by atoms with Crippen molar-refractivity contribution in [3.05, 3.63) is 125 Å². The molecule has 0 saturated heterocycles. The largest absolute Gasteiger partial charge is 0.493 e. The van der Waals surface area contributed by atoms with E-state index < -0.39 is 53.8 Å². The molecular weight excluding hydrogens is 638 g/mol. The van der Waals surface area contributed by atoms with Gasteiger partial charge in [-0.05, 0) is 84.1 Å². The average molecular weight is 673 g/mol. The van der Waals surface area contributed by atoms with Crippen LogP contribution in [0.1, 0.15) is 35.6 Å². The van der Waals surface area contributed by atoms with E-state index in [2.05, 4.69) is 4.74 Å². The first-order chi connectivity index (χ1) is 22.6. The van der Waals surface area contributed by atoms with Crippen LogP contribution in [-0.4, -0.2) is 25.4 Å². The number of nitrogens with two attached hydrogens (primary N) is 2. The molecule has 4 aromatic rings. The van der Waals surface area contributed by atoms with E-state index in [4.69, 9.17) is 20.9 Å². The van der Waals surface area contributed by atoms with Crippen LogP contribution >= 0.6 is 0 Å². The van der Waals surface area contributed by atoms with Crippen molar-refractivity contribution in [1.29, 1.82) is 0 Å². The molecule has 0 fully saturated rings. The molecule has 0 unspecified atom stereocenters. The number of rotatable bonds is 14. The summed E-state index contributed by atoms with van der Waals surface area (Å²) in [5.41, 5.74) is 14.3. The van der Waals surface area contributed by atoms with Gasteiger partial charge in [0.2, 0.25) is 0 Å². The average Bonchev–Trinajstić information content (AvgIpc) is 3.02. The van der Waals surface area contributed by atoms with Gasteiger partial charge in [0.15, 0.2) is 11.6 Å². The molecule has 4 N–H and O–H groups in total. The highest BCUT2D eigenvalue weighted by atomic mass is 19.4. The molecule has 0 spiro atoms. The number of carbonyl (C=O) groups is 1. The van der Waals surface area contributed by atoms with Crippen molar-refractivity contribution in [2.24, 2.45) is 5.41 Å². The summed E-state index contributed by atoms with van der Waals surface area (Å²) < 4.78 is 95.8. The number of benzene rings is 4. The Kier molecular flexibility index (Phi) is 11.3. The SMILES string of the molecule is CC(COC(=O)/C=C/c1ccc(C(F)(F)Oc2ccc(OCCC(F)(F)F)cc2F)cc1)(Cc1ccc(N)cc1)Cc1ccc(N)cc1. The highest BCUT2D eigenvalue weighted by Crippen LogP contribution is 2.35. The molecule has 6 nitrogen and oxygen atoms in total. The fourth-order valence-corrected chi connectivity index (χ4v) is 4.80. The third-order valence-electron chi connectivity index (χ3n) is 7.24. The normalized spacial score (nSPS) is 12.2. The molecule has 0 saturated carbocycles. The number of nitrogen functional groups attached to an aromatic ring is 2. The molecule has 0 aromatic heterocycles. The molecule has 0 aliphatic rings. The van der Waals surface area contributed by atoms with Crippen LogP contribution in [0.2, 0.25) is 0 Å². The Bertz CT molecular complexity index is 1640. The zero-order chi connectivity index (χ0) is 35.0.